The van der Waals surface area contributed by atoms with E-state index in [1.54, 1.807) is 6.92 Å². The molecular formula is C19H28N2O3. The van der Waals surface area contributed by atoms with Crippen LogP contribution in [0.5, 0.6) is 5.75 Å². The Morgan fingerprint density at radius 3 is 2.42 bits per heavy atom. The zero-order valence-electron chi connectivity index (χ0n) is 14.4. The largest absolute Gasteiger partial charge is 0.488 e. The van der Waals surface area contributed by atoms with Crippen molar-refractivity contribution in [2.45, 2.75) is 63.7 Å². The van der Waals surface area contributed by atoms with Crippen LogP contribution in [0.4, 0.5) is 5.69 Å². The molecule has 1 heterocycles. The average Bonchev–Trinajstić information content (AvgIpc) is 2.59. The number of hydrogen-bond acceptors (Lipinski definition) is 4. The first-order valence-electron chi connectivity index (χ1n) is 9.08. The van der Waals surface area contributed by atoms with Gasteiger partial charge in [-0.3, -0.25) is 4.79 Å². The van der Waals surface area contributed by atoms with E-state index in [4.69, 9.17) is 4.74 Å². The van der Waals surface area contributed by atoms with Gasteiger partial charge < -0.3 is 20.1 Å². The normalized spacial score (nSPS) is 25.3. The molecule has 2 atom stereocenters. The van der Waals surface area contributed by atoms with Gasteiger partial charge in [0.1, 0.15) is 11.9 Å². The number of likely N-dealkylation sites (tertiary alicyclic amines) is 1. The number of carbonyl (C=O) groups excluding carboxylic acids is 1. The van der Waals surface area contributed by atoms with E-state index in [1.165, 1.54) is 0 Å². The number of anilines is 1. The van der Waals surface area contributed by atoms with Crippen LogP contribution in [-0.4, -0.2) is 47.3 Å². The Labute approximate surface area is 144 Å². The van der Waals surface area contributed by atoms with Gasteiger partial charge in [0.25, 0.3) is 0 Å². The zero-order valence-corrected chi connectivity index (χ0v) is 14.4. The van der Waals surface area contributed by atoms with Gasteiger partial charge in [-0.25, -0.2) is 0 Å². The minimum atomic E-state index is -0.344. The number of piperidine rings is 1. The standard InChI is InChI=1S/C19H28N2O3/c1-14(22)21-12-10-16(11-13-21)20-15-6-8-17(9-7-15)24-19-5-3-2-4-18(19)23/h6-9,16,18-20,23H,2-5,10-13H2,1H3. The summed E-state index contributed by atoms with van der Waals surface area (Å²) in [6.07, 6.45) is 5.51. The van der Waals surface area contributed by atoms with E-state index >= 15 is 0 Å². The number of rotatable bonds is 4. The summed E-state index contributed by atoms with van der Waals surface area (Å²) in [6.45, 7) is 3.29. The maximum Gasteiger partial charge on any atom is 0.219 e. The van der Waals surface area contributed by atoms with Gasteiger partial charge >= 0.3 is 0 Å². The van der Waals surface area contributed by atoms with Crippen molar-refractivity contribution < 1.29 is 14.6 Å². The van der Waals surface area contributed by atoms with Gasteiger partial charge in [0.15, 0.2) is 0 Å². The van der Waals surface area contributed by atoms with Crippen LogP contribution in [-0.2, 0) is 4.79 Å². The zero-order chi connectivity index (χ0) is 16.9. The fourth-order valence-corrected chi connectivity index (χ4v) is 3.59. The molecule has 0 spiro atoms. The smallest absolute Gasteiger partial charge is 0.219 e. The quantitative estimate of drug-likeness (QED) is 0.890. The molecule has 3 rings (SSSR count). The van der Waals surface area contributed by atoms with Crippen LogP contribution < -0.4 is 10.1 Å². The predicted octanol–water partition coefficient (Wildman–Crippen LogP) is 2.79. The van der Waals surface area contributed by atoms with Crippen molar-refractivity contribution in [3.05, 3.63) is 24.3 Å². The molecule has 2 unspecified atom stereocenters. The Kier molecular flexibility index (Phi) is 5.61. The third-order valence-electron chi connectivity index (χ3n) is 5.12. The Morgan fingerprint density at radius 1 is 1.12 bits per heavy atom. The topological polar surface area (TPSA) is 61.8 Å². The van der Waals surface area contributed by atoms with Crippen LogP contribution in [0.15, 0.2) is 24.3 Å². The first-order valence-corrected chi connectivity index (χ1v) is 9.08. The molecule has 0 radical (unpaired) electrons. The Morgan fingerprint density at radius 2 is 1.79 bits per heavy atom. The number of aliphatic hydroxyl groups is 1. The monoisotopic (exact) mass is 332 g/mol. The molecule has 24 heavy (non-hydrogen) atoms. The molecule has 0 aromatic heterocycles. The fraction of sp³-hybridized carbons (Fsp3) is 0.632. The number of nitrogens with one attached hydrogen (secondary N) is 1. The van der Waals surface area contributed by atoms with Crippen molar-refractivity contribution in [1.82, 2.24) is 4.90 Å². The molecule has 5 heteroatoms. The number of carbonyl (C=O) groups is 1. The number of ether oxygens (including phenoxy) is 1. The number of aliphatic hydroxyl groups excluding tert-OH is 1. The molecule has 0 bridgehead atoms. The third kappa shape index (κ3) is 4.41. The second-order valence-electron chi connectivity index (χ2n) is 6.96. The van der Waals surface area contributed by atoms with Gasteiger partial charge in [-0.15, -0.1) is 0 Å². The fourth-order valence-electron chi connectivity index (χ4n) is 3.59. The Balaban J connectivity index is 1.49. The maximum atomic E-state index is 11.4. The lowest BCUT2D eigenvalue weighted by Crippen LogP contribution is -2.41. The van der Waals surface area contributed by atoms with Crippen LogP contribution in [0.3, 0.4) is 0 Å². The van der Waals surface area contributed by atoms with Gasteiger partial charge in [0, 0.05) is 31.7 Å². The molecule has 1 aromatic rings. The van der Waals surface area contributed by atoms with Gasteiger partial charge in [-0.05, 0) is 56.4 Å². The van der Waals surface area contributed by atoms with Crippen LogP contribution >= 0.6 is 0 Å². The second kappa shape index (κ2) is 7.88. The number of nitrogens with zero attached hydrogens (tertiary/aromatic N) is 1. The lowest BCUT2D eigenvalue weighted by molar-refractivity contribution is -0.129. The van der Waals surface area contributed by atoms with Crippen molar-refractivity contribution in [2.24, 2.45) is 0 Å². The van der Waals surface area contributed by atoms with Crippen molar-refractivity contribution in [2.75, 3.05) is 18.4 Å². The minimum Gasteiger partial charge on any atom is -0.488 e. The first kappa shape index (κ1) is 17.1. The minimum absolute atomic E-state index is 0.0755. The number of benzene rings is 1. The number of hydrogen-bond donors (Lipinski definition) is 2. The van der Waals surface area contributed by atoms with E-state index in [0.29, 0.717) is 6.04 Å². The molecular weight excluding hydrogens is 304 g/mol. The highest BCUT2D eigenvalue weighted by Crippen LogP contribution is 2.25. The van der Waals surface area contributed by atoms with Crippen LogP contribution in [0.2, 0.25) is 0 Å². The van der Waals surface area contributed by atoms with Crippen molar-refractivity contribution in [3.8, 4) is 5.75 Å². The highest BCUT2D eigenvalue weighted by molar-refractivity contribution is 5.73. The van der Waals surface area contributed by atoms with E-state index in [2.05, 4.69) is 5.32 Å². The Hall–Kier alpha value is -1.75. The second-order valence-corrected chi connectivity index (χ2v) is 6.96. The molecule has 132 valence electrons. The molecule has 2 N–H and O–H groups in total. The predicted molar refractivity (Wildman–Crippen MR) is 94.2 cm³/mol. The molecule has 1 aromatic carbocycles. The van der Waals surface area contributed by atoms with E-state index in [-0.39, 0.29) is 18.1 Å². The van der Waals surface area contributed by atoms with Crippen LogP contribution in [0.25, 0.3) is 0 Å². The van der Waals surface area contributed by atoms with Gasteiger partial charge in [0.2, 0.25) is 5.91 Å². The molecule has 1 saturated carbocycles. The molecule has 1 amide bonds. The summed E-state index contributed by atoms with van der Waals surface area (Å²) < 4.78 is 5.93. The van der Waals surface area contributed by atoms with E-state index < -0.39 is 0 Å². The van der Waals surface area contributed by atoms with Crippen LogP contribution in [0.1, 0.15) is 45.4 Å². The Bertz CT molecular complexity index is 538. The molecule has 1 aliphatic heterocycles. The van der Waals surface area contributed by atoms with Crippen molar-refractivity contribution in [3.63, 3.8) is 0 Å². The van der Waals surface area contributed by atoms with E-state index in [1.807, 2.05) is 29.2 Å². The summed E-state index contributed by atoms with van der Waals surface area (Å²) in [7, 11) is 0. The SMILES string of the molecule is CC(=O)N1CCC(Nc2ccc(OC3CCCCC3O)cc2)CC1. The highest BCUT2D eigenvalue weighted by Gasteiger charge is 2.24. The summed E-state index contributed by atoms with van der Waals surface area (Å²) in [5, 5.41) is 13.5. The first-order chi connectivity index (χ1) is 11.6. The summed E-state index contributed by atoms with van der Waals surface area (Å²) in [5.74, 6) is 0.984. The van der Waals surface area contributed by atoms with Gasteiger partial charge in [-0.1, -0.05) is 6.42 Å². The highest BCUT2D eigenvalue weighted by atomic mass is 16.5. The molecule has 5 nitrogen and oxygen atoms in total. The summed E-state index contributed by atoms with van der Waals surface area (Å²) in [5.41, 5.74) is 1.08. The van der Waals surface area contributed by atoms with Gasteiger partial charge in [-0.2, -0.15) is 0 Å². The molecule has 2 fully saturated rings. The van der Waals surface area contributed by atoms with Gasteiger partial charge in [0.05, 0.1) is 6.10 Å². The molecule has 1 aliphatic carbocycles. The average molecular weight is 332 g/mol. The van der Waals surface area contributed by atoms with Crippen molar-refractivity contribution in [1.29, 1.82) is 0 Å². The lowest BCUT2D eigenvalue weighted by atomic mass is 9.95. The lowest BCUT2D eigenvalue weighted by Gasteiger charge is -2.32. The molecule has 1 saturated heterocycles. The third-order valence-corrected chi connectivity index (χ3v) is 5.12. The van der Waals surface area contributed by atoms with E-state index in [0.717, 1.165) is 63.1 Å². The van der Waals surface area contributed by atoms with Crippen LogP contribution in [0, 0.1) is 0 Å². The summed E-state index contributed by atoms with van der Waals surface area (Å²) >= 11 is 0. The number of amides is 1. The molecule has 2 aliphatic rings. The van der Waals surface area contributed by atoms with E-state index in [9.17, 15) is 9.90 Å². The maximum absolute atomic E-state index is 11.4. The van der Waals surface area contributed by atoms with Crippen molar-refractivity contribution >= 4 is 11.6 Å². The summed E-state index contributed by atoms with van der Waals surface area (Å²) in [6, 6.07) is 8.40. The summed E-state index contributed by atoms with van der Waals surface area (Å²) in [4.78, 5) is 13.3.